The number of hydrogen-bond acceptors (Lipinski definition) is 2. The van der Waals surface area contributed by atoms with Crippen molar-refractivity contribution in [3.63, 3.8) is 0 Å². The molecule has 3 aromatic rings. The minimum Gasteiger partial charge on any atom is -0.348 e. The summed E-state index contributed by atoms with van der Waals surface area (Å²) < 4.78 is 28.7. The van der Waals surface area contributed by atoms with Crippen LogP contribution in [0.5, 0.6) is 0 Å². The molecule has 0 saturated carbocycles. The molecule has 0 aliphatic rings. The van der Waals surface area contributed by atoms with E-state index in [9.17, 15) is 13.6 Å². The Labute approximate surface area is 150 Å². The lowest BCUT2D eigenvalue weighted by atomic mass is 10.1. The first kappa shape index (κ1) is 17.8. The van der Waals surface area contributed by atoms with Crippen molar-refractivity contribution < 1.29 is 13.6 Å². The molecular formula is C19H20F2N4O. The van der Waals surface area contributed by atoms with Crippen LogP contribution in [0.2, 0.25) is 0 Å². The van der Waals surface area contributed by atoms with Gasteiger partial charge in [0.2, 0.25) is 5.91 Å². The number of benzene rings is 1. The zero-order valence-electron chi connectivity index (χ0n) is 14.6. The molecule has 2 heterocycles. The fourth-order valence-electron chi connectivity index (χ4n) is 2.77. The zero-order valence-corrected chi connectivity index (χ0v) is 14.6. The van der Waals surface area contributed by atoms with Gasteiger partial charge in [0, 0.05) is 23.8 Å². The number of rotatable bonds is 6. The van der Waals surface area contributed by atoms with Crippen molar-refractivity contribution >= 4 is 5.91 Å². The van der Waals surface area contributed by atoms with Gasteiger partial charge in [-0.25, -0.2) is 8.78 Å². The van der Waals surface area contributed by atoms with Gasteiger partial charge in [0.25, 0.3) is 6.43 Å². The molecule has 5 nitrogen and oxygen atoms in total. The Morgan fingerprint density at radius 3 is 2.58 bits per heavy atom. The van der Waals surface area contributed by atoms with Crippen molar-refractivity contribution in [1.29, 1.82) is 0 Å². The Balaban J connectivity index is 1.67. The van der Waals surface area contributed by atoms with E-state index in [0.717, 1.165) is 11.3 Å². The first-order chi connectivity index (χ1) is 12.4. The SMILES string of the molecule is Cc1cc(C(F)F)nn1CC(=O)NC(C)c1cccc(-n2cccc2)c1. The molecule has 136 valence electrons. The highest BCUT2D eigenvalue weighted by molar-refractivity contribution is 5.76. The highest BCUT2D eigenvalue weighted by Crippen LogP contribution is 2.19. The maximum atomic E-state index is 12.7. The van der Waals surface area contributed by atoms with E-state index in [1.807, 2.05) is 60.3 Å². The van der Waals surface area contributed by atoms with Crippen LogP contribution in [0, 0.1) is 6.92 Å². The molecule has 0 aliphatic heterocycles. The average Bonchev–Trinajstić information content (AvgIpc) is 3.25. The second-order valence-electron chi connectivity index (χ2n) is 6.14. The number of aromatic nitrogens is 3. The van der Waals surface area contributed by atoms with Crippen LogP contribution < -0.4 is 5.32 Å². The van der Waals surface area contributed by atoms with E-state index in [-0.39, 0.29) is 24.2 Å². The van der Waals surface area contributed by atoms with Crippen molar-refractivity contribution in [2.75, 3.05) is 0 Å². The summed E-state index contributed by atoms with van der Waals surface area (Å²) in [7, 11) is 0. The average molecular weight is 358 g/mol. The molecule has 0 spiro atoms. The Kier molecular flexibility index (Phi) is 5.16. The number of aryl methyl sites for hydroxylation is 1. The number of amides is 1. The Bertz CT molecular complexity index is 887. The van der Waals surface area contributed by atoms with E-state index in [1.165, 1.54) is 10.7 Å². The van der Waals surface area contributed by atoms with Gasteiger partial charge in [-0.05, 0) is 49.7 Å². The van der Waals surface area contributed by atoms with Crippen LogP contribution in [-0.4, -0.2) is 20.3 Å². The van der Waals surface area contributed by atoms with E-state index in [1.54, 1.807) is 6.92 Å². The molecule has 1 amide bonds. The Morgan fingerprint density at radius 1 is 1.19 bits per heavy atom. The van der Waals surface area contributed by atoms with E-state index >= 15 is 0 Å². The minimum absolute atomic E-state index is 0.0970. The third-order valence-corrected chi connectivity index (χ3v) is 4.17. The lowest BCUT2D eigenvalue weighted by Gasteiger charge is -2.16. The highest BCUT2D eigenvalue weighted by atomic mass is 19.3. The number of nitrogens with one attached hydrogen (secondary N) is 1. The number of halogens is 2. The molecule has 26 heavy (non-hydrogen) atoms. The van der Waals surface area contributed by atoms with Gasteiger partial charge in [0.15, 0.2) is 0 Å². The summed E-state index contributed by atoms with van der Waals surface area (Å²) in [4.78, 5) is 12.3. The van der Waals surface area contributed by atoms with E-state index < -0.39 is 6.43 Å². The topological polar surface area (TPSA) is 51.9 Å². The monoisotopic (exact) mass is 358 g/mol. The maximum absolute atomic E-state index is 12.7. The van der Waals surface area contributed by atoms with E-state index in [0.29, 0.717) is 5.69 Å². The summed E-state index contributed by atoms with van der Waals surface area (Å²) in [5.74, 6) is -0.282. The minimum atomic E-state index is -2.65. The zero-order chi connectivity index (χ0) is 18.7. The number of carbonyl (C=O) groups excluding carboxylic acids is 1. The van der Waals surface area contributed by atoms with E-state index in [4.69, 9.17) is 0 Å². The van der Waals surface area contributed by atoms with Crippen LogP contribution in [0.4, 0.5) is 8.78 Å². The second kappa shape index (κ2) is 7.51. The summed E-state index contributed by atoms with van der Waals surface area (Å²) in [6.07, 6.45) is 1.25. The lowest BCUT2D eigenvalue weighted by molar-refractivity contribution is -0.122. The second-order valence-corrected chi connectivity index (χ2v) is 6.14. The number of nitrogens with zero attached hydrogens (tertiary/aromatic N) is 3. The van der Waals surface area contributed by atoms with Crippen molar-refractivity contribution in [3.8, 4) is 5.69 Å². The van der Waals surface area contributed by atoms with Crippen LogP contribution >= 0.6 is 0 Å². The summed E-state index contributed by atoms with van der Waals surface area (Å²) in [6, 6.07) is 12.8. The molecule has 1 N–H and O–H groups in total. The first-order valence-corrected chi connectivity index (χ1v) is 8.29. The van der Waals surface area contributed by atoms with Gasteiger partial charge in [-0.1, -0.05) is 12.1 Å². The summed E-state index contributed by atoms with van der Waals surface area (Å²) >= 11 is 0. The van der Waals surface area contributed by atoms with Gasteiger partial charge in [0.1, 0.15) is 12.2 Å². The number of hydrogen-bond donors (Lipinski definition) is 1. The third-order valence-electron chi connectivity index (χ3n) is 4.17. The molecule has 0 aliphatic carbocycles. The van der Waals surface area contributed by atoms with Gasteiger partial charge in [-0.3, -0.25) is 9.48 Å². The molecule has 0 saturated heterocycles. The molecule has 1 atom stereocenters. The Hall–Kier alpha value is -2.96. The number of carbonyl (C=O) groups is 1. The van der Waals surface area contributed by atoms with Crippen molar-refractivity contribution in [2.45, 2.75) is 32.9 Å². The normalized spacial score (nSPS) is 12.3. The third kappa shape index (κ3) is 3.99. The predicted molar refractivity (Wildman–Crippen MR) is 94.2 cm³/mol. The quantitative estimate of drug-likeness (QED) is 0.729. The number of alkyl halides is 2. The van der Waals surface area contributed by atoms with Crippen LogP contribution in [0.15, 0.2) is 54.9 Å². The maximum Gasteiger partial charge on any atom is 0.282 e. The summed E-state index contributed by atoms with van der Waals surface area (Å²) in [5.41, 5.74) is 2.16. The van der Waals surface area contributed by atoms with Crippen molar-refractivity contribution in [3.05, 3.63) is 71.8 Å². The van der Waals surface area contributed by atoms with Gasteiger partial charge in [0.05, 0.1) is 6.04 Å². The molecule has 0 radical (unpaired) electrons. The predicted octanol–water partition coefficient (Wildman–Crippen LogP) is 3.80. The van der Waals surface area contributed by atoms with Crippen molar-refractivity contribution in [1.82, 2.24) is 19.7 Å². The van der Waals surface area contributed by atoms with Crippen molar-refractivity contribution in [2.24, 2.45) is 0 Å². The fourth-order valence-corrected chi connectivity index (χ4v) is 2.77. The molecular weight excluding hydrogens is 338 g/mol. The van der Waals surface area contributed by atoms with Crippen LogP contribution in [0.3, 0.4) is 0 Å². The lowest BCUT2D eigenvalue weighted by Crippen LogP contribution is -2.30. The molecule has 1 unspecified atom stereocenters. The van der Waals surface area contributed by atoms with Crippen LogP contribution in [0.25, 0.3) is 5.69 Å². The molecule has 2 aromatic heterocycles. The van der Waals surface area contributed by atoms with Crippen LogP contribution in [-0.2, 0) is 11.3 Å². The van der Waals surface area contributed by atoms with E-state index in [2.05, 4.69) is 10.4 Å². The molecule has 3 rings (SSSR count). The van der Waals surface area contributed by atoms with Gasteiger partial charge in [-0.15, -0.1) is 0 Å². The standard InChI is InChI=1S/C19H20F2N4O/c1-13-10-17(19(20)21)23-25(13)12-18(26)22-14(2)15-6-5-7-16(11-15)24-8-3-4-9-24/h3-11,14,19H,12H2,1-2H3,(H,22,26). The summed E-state index contributed by atoms with van der Waals surface area (Å²) in [6.45, 7) is 3.43. The Morgan fingerprint density at radius 2 is 1.92 bits per heavy atom. The van der Waals surface area contributed by atoms with Gasteiger partial charge >= 0.3 is 0 Å². The smallest absolute Gasteiger partial charge is 0.282 e. The van der Waals surface area contributed by atoms with Crippen LogP contribution in [0.1, 0.15) is 36.3 Å². The fraction of sp³-hybridized carbons (Fsp3) is 0.263. The first-order valence-electron chi connectivity index (χ1n) is 8.29. The molecule has 0 bridgehead atoms. The molecule has 0 fully saturated rings. The van der Waals surface area contributed by atoms with Gasteiger partial charge in [-0.2, -0.15) is 5.10 Å². The molecule has 7 heteroatoms. The molecule has 1 aromatic carbocycles. The largest absolute Gasteiger partial charge is 0.348 e. The summed E-state index contributed by atoms with van der Waals surface area (Å²) in [5, 5.41) is 6.67. The highest BCUT2D eigenvalue weighted by Gasteiger charge is 2.16. The van der Waals surface area contributed by atoms with Gasteiger partial charge < -0.3 is 9.88 Å².